The van der Waals surface area contributed by atoms with Gasteiger partial charge in [0.15, 0.2) is 0 Å². The van der Waals surface area contributed by atoms with E-state index in [1.807, 2.05) is 22.9 Å². The van der Waals surface area contributed by atoms with Gasteiger partial charge in [0.2, 0.25) is 0 Å². The summed E-state index contributed by atoms with van der Waals surface area (Å²) in [5.41, 5.74) is 11.9. The summed E-state index contributed by atoms with van der Waals surface area (Å²) in [7, 11) is 1.68. The predicted octanol–water partition coefficient (Wildman–Crippen LogP) is 12.5. The molecule has 4 aromatic carbocycles. The molecule has 2 aliphatic rings. The Morgan fingerprint density at radius 3 is 2.08 bits per heavy atom. The van der Waals surface area contributed by atoms with E-state index < -0.39 is 0 Å². The van der Waals surface area contributed by atoms with Crippen LogP contribution >= 0.6 is 0 Å². The van der Waals surface area contributed by atoms with Crippen LogP contribution in [0.4, 0.5) is 0 Å². The quantitative estimate of drug-likeness (QED) is 0.158. The maximum atomic E-state index is 6.60. The van der Waals surface area contributed by atoms with E-state index in [1.165, 1.54) is 86.5 Å². The molecule has 268 valence electrons. The summed E-state index contributed by atoms with van der Waals surface area (Å²) >= 11 is 0. The third-order valence-corrected chi connectivity index (χ3v) is 11.9. The summed E-state index contributed by atoms with van der Waals surface area (Å²) in [6, 6.07) is 29.3. The second-order valence-electron chi connectivity index (χ2n) is 15.2. The molecule has 3 heterocycles. The number of nitrogens with zero attached hydrogens (tertiary/aromatic N) is 4. The van der Waals surface area contributed by atoms with Gasteiger partial charge in [-0.3, -0.25) is 4.57 Å². The van der Waals surface area contributed by atoms with Crippen molar-refractivity contribution in [2.24, 2.45) is 0 Å². The lowest BCUT2D eigenvalue weighted by Gasteiger charge is -2.32. The summed E-state index contributed by atoms with van der Waals surface area (Å²) in [4.78, 5) is 4.72. The number of aryl methyl sites for hydroxylation is 2. The summed E-state index contributed by atoms with van der Waals surface area (Å²) in [5.74, 6) is 4.33. The molecule has 0 saturated heterocycles. The molecule has 0 amide bonds. The number of para-hydroxylation sites is 1. The Morgan fingerprint density at radius 2 is 1.34 bits per heavy atom. The fourth-order valence-corrected chi connectivity index (χ4v) is 9.49. The number of rotatable bonds is 8. The number of aromatic nitrogens is 4. The van der Waals surface area contributed by atoms with Gasteiger partial charge in [0.25, 0.3) is 0 Å². The lowest BCUT2D eigenvalue weighted by Crippen LogP contribution is -2.14. The summed E-state index contributed by atoms with van der Waals surface area (Å²) in [5, 5.41) is 7.31. The van der Waals surface area contributed by atoms with Gasteiger partial charge in [0.1, 0.15) is 23.1 Å². The standard InChI is InChI=1S/C47H48N4O2/c1-31-25-32(2)46(34-15-8-5-9-16-34)47(45(31)33-13-6-4-7-14-33)35-29-49-50(30-35)36-17-12-18-38(26-36)53-39-21-22-41-40-19-10-11-20-42(40)51(43(41)27-39)44-28-37(52-3)23-24-48-44/h10-12,17-30,33-34H,4-9,13-16H2,1-3H3. The minimum atomic E-state index is 0.623. The van der Waals surface area contributed by atoms with E-state index in [9.17, 15) is 0 Å². The number of fused-ring (bicyclic) bond motifs is 3. The molecular weight excluding hydrogens is 653 g/mol. The average Bonchev–Trinajstić information content (AvgIpc) is 3.82. The van der Waals surface area contributed by atoms with Crippen LogP contribution in [0.5, 0.6) is 17.2 Å². The maximum absolute atomic E-state index is 6.60. The van der Waals surface area contributed by atoms with Crippen molar-refractivity contribution in [1.29, 1.82) is 0 Å². The van der Waals surface area contributed by atoms with Crippen molar-refractivity contribution in [3.63, 3.8) is 0 Å². The Balaban J connectivity index is 1.08. The summed E-state index contributed by atoms with van der Waals surface area (Å²) in [6.07, 6.45) is 19.4. The van der Waals surface area contributed by atoms with E-state index in [2.05, 4.69) is 97.5 Å². The molecule has 0 unspecified atom stereocenters. The number of hydrogen-bond donors (Lipinski definition) is 0. The number of benzene rings is 4. The smallest absolute Gasteiger partial charge is 0.141 e. The van der Waals surface area contributed by atoms with Crippen molar-refractivity contribution in [3.8, 4) is 39.9 Å². The Bertz CT molecular complexity index is 2380. The summed E-state index contributed by atoms with van der Waals surface area (Å²) < 4.78 is 16.4. The van der Waals surface area contributed by atoms with Gasteiger partial charge in [0.05, 0.1) is 30.0 Å². The Hall–Kier alpha value is -5.36. The highest BCUT2D eigenvalue weighted by molar-refractivity contribution is 6.09. The minimum Gasteiger partial charge on any atom is -0.497 e. The molecule has 2 saturated carbocycles. The zero-order chi connectivity index (χ0) is 35.9. The van der Waals surface area contributed by atoms with E-state index in [0.717, 1.165) is 50.6 Å². The topological polar surface area (TPSA) is 54.1 Å². The molecule has 2 aliphatic carbocycles. The van der Waals surface area contributed by atoms with E-state index in [4.69, 9.17) is 19.6 Å². The van der Waals surface area contributed by atoms with E-state index >= 15 is 0 Å². The zero-order valence-electron chi connectivity index (χ0n) is 31.1. The fourth-order valence-electron chi connectivity index (χ4n) is 9.49. The van der Waals surface area contributed by atoms with Crippen molar-refractivity contribution in [2.75, 3.05) is 7.11 Å². The number of methoxy groups -OCH3 is 1. The maximum Gasteiger partial charge on any atom is 0.141 e. The van der Waals surface area contributed by atoms with Crippen molar-refractivity contribution >= 4 is 21.8 Å². The number of pyridine rings is 1. The van der Waals surface area contributed by atoms with Crippen LogP contribution in [-0.4, -0.2) is 26.4 Å². The van der Waals surface area contributed by atoms with Crippen LogP contribution < -0.4 is 9.47 Å². The van der Waals surface area contributed by atoms with Gasteiger partial charge in [0, 0.05) is 46.9 Å². The first-order valence-electron chi connectivity index (χ1n) is 19.6. The third-order valence-electron chi connectivity index (χ3n) is 11.9. The van der Waals surface area contributed by atoms with Crippen LogP contribution in [0.3, 0.4) is 0 Å². The van der Waals surface area contributed by atoms with Gasteiger partial charge in [-0.25, -0.2) is 9.67 Å². The molecular formula is C47H48N4O2. The normalized spacial score (nSPS) is 15.7. The van der Waals surface area contributed by atoms with Crippen LogP contribution in [0.15, 0.2) is 104 Å². The van der Waals surface area contributed by atoms with E-state index in [1.54, 1.807) is 24.4 Å². The molecule has 0 N–H and O–H groups in total. The van der Waals surface area contributed by atoms with Gasteiger partial charge in [-0.15, -0.1) is 0 Å². The van der Waals surface area contributed by atoms with Crippen LogP contribution in [0, 0.1) is 13.8 Å². The lowest BCUT2D eigenvalue weighted by molar-refractivity contribution is 0.414. The Kier molecular flexibility index (Phi) is 8.98. The molecule has 0 radical (unpaired) electrons. The molecule has 53 heavy (non-hydrogen) atoms. The van der Waals surface area contributed by atoms with Crippen molar-refractivity contribution in [3.05, 3.63) is 126 Å². The molecule has 0 bridgehead atoms. The number of hydrogen-bond acceptors (Lipinski definition) is 4. The highest BCUT2D eigenvalue weighted by Gasteiger charge is 2.29. The molecule has 0 aliphatic heterocycles. The SMILES string of the molecule is COc1ccnc(-n2c3ccccc3c3ccc(Oc4cccc(-n5cc(-c6c(C7CCCCC7)c(C)cc(C)c6C6CCCCC6)cn5)c4)cc32)c1. The molecule has 0 spiro atoms. The van der Waals surface area contributed by atoms with Gasteiger partial charge in [-0.1, -0.05) is 68.9 Å². The molecule has 7 aromatic rings. The first-order valence-corrected chi connectivity index (χ1v) is 19.6. The predicted molar refractivity (Wildman–Crippen MR) is 215 cm³/mol. The Labute approximate surface area is 312 Å². The van der Waals surface area contributed by atoms with Crippen LogP contribution in [0.1, 0.15) is 98.3 Å². The largest absolute Gasteiger partial charge is 0.497 e. The molecule has 0 atom stereocenters. The molecule has 2 fully saturated rings. The lowest BCUT2D eigenvalue weighted by atomic mass is 9.72. The highest BCUT2D eigenvalue weighted by atomic mass is 16.5. The van der Waals surface area contributed by atoms with Crippen molar-refractivity contribution < 1.29 is 9.47 Å². The van der Waals surface area contributed by atoms with Crippen LogP contribution in [-0.2, 0) is 0 Å². The van der Waals surface area contributed by atoms with Crippen molar-refractivity contribution in [2.45, 2.75) is 89.9 Å². The molecule has 3 aromatic heterocycles. The van der Waals surface area contributed by atoms with E-state index in [-0.39, 0.29) is 0 Å². The average molecular weight is 701 g/mol. The van der Waals surface area contributed by atoms with Gasteiger partial charge in [-0.05, 0) is 116 Å². The Morgan fingerprint density at radius 1 is 0.642 bits per heavy atom. The van der Waals surface area contributed by atoms with Gasteiger partial charge >= 0.3 is 0 Å². The van der Waals surface area contributed by atoms with Gasteiger partial charge < -0.3 is 9.47 Å². The zero-order valence-corrected chi connectivity index (χ0v) is 31.1. The van der Waals surface area contributed by atoms with Crippen LogP contribution in [0.2, 0.25) is 0 Å². The second kappa shape index (κ2) is 14.2. The fraction of sp³-hybridized carbons (Fsp3) is 0.319. The molecule has 9 rings (SSSR count). The third kappa shape index (κ3) is 6.28. The molecule has 6 heteroatoms. The second-order valence-corrected chi connectivity index (χ2v) is 15.2. The summed E-state index contributed by atoms with van der Waals surface area (Å²) in [6.45, 7) is 4.70. The first-order chi connectivity index (χ1) is 26.1. The van der Waals surface area contributed by atoms with E-state index in [0.29, 0.717) is 11.8 Å². The van der Waals surface area contributed by atoms with Crippen molar-refractivity contribution in [1.82, 2.24) is 19.3 Å². The monoisotopic (exact) mass is 700 g/mol. The highest BCUT2D eigenvalue weighted by Crippen LogP contribution is 2.47. The number of ether oxygens (including phenoxy) is 2. The molecule has 6 nitrogen and oxygen atoms in total. The van der Waals surface area contributed by atoms with Gasteiger partial charge in [-0.2, -0.15) is 5.10 Å². The van der Waals surface area contributed by atoms with Crippen LogP contribution in [0.25, 0.3) is 44.4 Å². The minimum absolute atomic E-state index is 0.623. The first kappa shape index (κ1) is 33.5.